The number of carbonyl (C=O) groups is 1. The lowest BCUT2D eigenvalue weighted by Gasteiger charge is -2.35. The number of hydrogen-bond acceptors (Lipinski definition) is 1. The van der Waals surface area contributed by atoms with Gasteiger partial charge in [0.15, 0.2) is 0 Å². The zero-order chi connectivity index (χ0) is 14.4. The molecule has 0 aromatic heterocycles. The Labute approximate surface area is 127 Å². The molecule has 1 fully saturated rings. The molecule has 2 atom stereocenters. The minimum absolute atomic E-state index is 0.131. The average Bonchev–Trinajstić information content (AvgIpc) is 2.48. The van der Waals surface area contributed by atoms with Gasteiger partial charge in [-0.3, -0.25) is 4.79 Å². The van der Waals surface area contributed by atoms with Crippen LogP contribution in [0.3, 0.4) is 0 Å². The van der Waals surface area contributed by atoms with E-state index in [9.17, 15) is 4.79 Å². The van der Waals surface area contributed by atoms with Crippen molar-refractivity contribution in [3.63, 3.8) is 0 Å². The van der Waals surface area contributed by atoms with Gasteiger partial charge in [-0.25, -0.2) is 0 Å². The highest BCUT2D eigenvalue weighted by molar-refractivity contribution is 6.21. The fraction of sp³-hybridized carbons (Fsp3) is 0.588. The molecule has 2 rings (SSSR count). The number of halogens is 1. The van der Waals surface area contributed by atoms with Crippen molar-refractivity contribution in [3.05, 3.63) is 35.9 Å². The third-order valence-electron chi connectivity index (χ3n) is 4.24. The van der Waals surface area contributed by atoms with Gasteiger partial charge in [0.2, 0.25) is 5.91 Å². The number of nitrogens with zero attached hydrogens (tertiary/aromatic N) is 1. The molecule has 0 spiro atoms. The van der Waals surface area contributed by atoms with Crippen molar-refractivity contribution in [1.82, 2.24) is 4.90 Å². The smallest absolute Gasteiger partial charge is 0.222 e. The summed E-state index contributed by atoms with van der Waals surface area (Å²) in [5.41, 5.74) is 1.30. The van der Waals surface area contributed by atoms with Gasteiger partial charge in [0.05, 0.1) is 5.38 Å². The van der Waals surface area contributed by atoms with Gasteiger partial charge in [-0.15, -0.1) is 11.6 Å². The molecule has 20 heavy (non-hydrogen) atoms. The fourth-order valence-corrected chi connectivity index (χ4v) is 3.40. The SMILES string of the molecule is CN(C(=O)CCCc1ccccc1)C1CCCCC1Cl. The zero-order valence-corrected chi connectivity index (χ0v) is 13.0. The third-order valence-corrected chi connectivity index (χ3v) is 4.75. The molecule has 0 heterocycles. The first-order valence-corrected chi connectivity index (χ1v) is 8.06. The Morgan fingerprint density at radius 2 is 1.95 bits per heavy atom. The molecule has 1 amide bonds. The number of alkyl halides is 1. The first-order chi connectivity index (χ1) is 9.68. The second kappa shape index (κ2) is 7.68. The number of carbonyl (C=O) groups excluding carboxylic acids is 1. The third kappa shape index (κ3) is 4.24. The van der Waals surface area contributed by atoms with Crippen molar-refractivity contribution < 1.29 is 4.79 Å². The molecule has 0 aliphatic heterocycles. The standard InChI is InChI=1S/C17H24ClNO/c1-19(16-12-6-5-11-15(16)18)17(20)13-7-10-14-8-3-2-4-9-14/h2-4,8-9,15-16H,5-7,10-13H2,1H3. The van der Waals surface area contributed by atoms with Crippen LogP contribution < -0.4 is 0 Å². The monoisotopic (exact) mass is 293 g/mol. The van der Waals surface area contributed by atoms with Crippen LogP contribution in [-0.2, 0) is 11.2 Å². The van der Waals surface area contributed by atoms with E-state index in [1.54, 1.807) is 0 Å². The highest BCUT2D eigenvalue weighted by atomic mass is 35.5. The lowest BCUT2D eigenvalue weighted by atomic mass is 9.93. The van der Waals surface area contributed by atoms with Crippen LogP contribution in [0.4, 0.5) is 0 Å². The maximum absolute atomic E-state index is 12.2. The van der Waals surface area contributed by atoms with Crippen LogP contribution in [-0.4, -0.2) is 29.3 Å². The first-order valence-electron chi connectivity index (χ1n) is 7.62. The summed E-state index contributed by atoms with van der Waals surface area (Å²) in [7, 11) is 1.91. The van der Waals surface area contributed by atoms with Gasteiger partial charge in [0, 0.05) is 19.5 Å². The van der Waals surface area contributed by atoms with Crippen molar-refractivity contribution in [1.29, 1.82) is 0 Å². The molecule has 2 unspecified atom stereocenters. The molecule has 1 saturated carbocycles. The summed E-state index contributed by atoms with van der Waals surface area (Å²) in [6, 6.07) is 10.6. The van der Waals surface area contributed by atoms with Crippen LogP contribution >= 0.6 is 11.6 Å². The van der Waals surface area contributed by atoms with E-state index in [1.807, 2.05) is 30.1 Å². The Morgan fingerprint density at radius 3 is 2.65 bits per heavy atom. The molecule has 1 aromatic carbocycles. The Balaban J connectivity index is 1.76. The van der Waals surface area contributed by atoms with Crippen LogP contribution in [0.5, 0.6) is 0 Å². The van der Waals surface area contributed by atoms with Crippen molar-refractivity contribution in [2.24, 2.45) is 0 Å². The van der Waals surface area contributed by atoms with Crippen molar-refractivity contribution in [3.8, 4) is 0 Å². The van der Waals surface area contributed by atoms with Gasteiger partial charge in [0.1, 0.15) is 0 Å². The van der Waals surface area contributed by atoms with Crippen LogP contribution in [0.2, 0.25) is 0 Å². The molecule has 0 N–H and O–H groups in total. The van der Waals surface area contributed by atoms with Crippen molar-refractivity contribution in [2.75, 3.05) is 7.05 Å². The minimum Gasteiger partial charge on any atom is -0.341 e. The summed E-state index contributed by atoms with van der Waals surface area (Å²) >= 11 is 6.36. The van der Waals surface area contributed by atoms with Crippen LogP contribution in [0.25, 0.3) is 0 Å². The highest BCUT2D eigenvalue weighted by Gasteiger charge is 2.28. The van der Waals surface area contributed by atoms with E-state index in [4.69, 9.17) is 11.6 Å². The lowest BCUT2D eigenvalue weighted by Crippen LogP contribution is -2.44. The summed E-state index contributed by atoms with van der Waals surface area (Å²) in [6.45, 7) is 0. The second-order valence-corrected chi connectivity index (χ2v) is 6.27. The van der Waals surface area contributed by atoms with E-state index in [2.05, 4.69) is 12.1 Å². The Kier molecular flexibility index (Phi) is 5.90. The van der Waals surface area contributed by atoms with Gasteiger partial charge in [-0.05, 0) is 31.2 Å². The molecule has 1 aliphatic carbocycles. The summed E-state index contributed by atoms with van der Waals surface area (Å²) < 4.78 is 0. The van der Waals surface area contributed by atoms with Gasteiger partial charge in [-0.2, -0.15) is 0 Å². The quantitative estimate of drug-likeness (QED) is 0.751. The maximum Gasteiger partial charge on any atom is 0.222 e. The predicted octanol–water partition coefficient (Wildman–Crippen LogP) is 4.02. The molecule has 2 nitrogen and oxygen atoms in total. The number of aryl methyl sites for hydroxylation is 1. The Hall–Kier alpha value is -1.02. The van der Waals surface area contributed by atoms with E-state index in [-0.39, 0.29) is 17.3 Å². The second-order valence-electron chi connectivity index (χ2n) is 5.71. The topological polar surface area (TPSA) is 20.3 Å². The van der Waals surface area contributed by atoms with Crippen molar-refractivity contribution in [2.45, 2.75) is 56.4 Å². The maximum atomic E-state index is 12.2. The van der Waals surface area contributed by atoms with E-state index in [0.29, 0.717) is 6.42 Å². The summed E-state index contributed by atoms with van der Waals surface area (Å²) in [5.74, 6) is 0.235. The van der Waals surface area contributed by atoms with E-state index < -0.39 is 0 Å². The number of hydrogen-bond donors (Lipinski definition) is 0. The van der Waals surface area contributed by atoms with Gasteiger partial charge < -0.3 is 4.90 Å². The van der Waals surface area contributed by atoms with E-state index >= 15 is 0 Å². The molecule has 0 saturated heterocycles. The number of amides is 1. The Morgan fingerprint density at radius 1 is 1.25 bits per heavy atom. The zero-order valence-electron chi connectivity index (χ0n) is 12.2. The molecule has 1 aromatic rings. The molecular formula is C17H24ClNO. The van der Waals surface area contributed by atoms with Crippen LogP contribution in [0, 0.1) is 0 Å². The number of benzene rings is 1. The van der Waals surface area contributed by atoms with Crippen LogP contribution in [0.15, 0.2) is 30.3 Å². The summed E-state index contributed by atoms with van der Waals surface area (Å²) in [6.07, 6.45) is 6.97. The molecule has 3 heteroatoms. The van der Waals surface area contributed by atoms with Crippen LogP contribution in [0.1, 0.15) is 44.1 Å². The predicted molar refractivity (Wildman–Crippen MR) is 84.0 cm³/mol. The van der Waals surface area contributed by atoms with E-state index in [0.717, 1.165) is 25.7 Å². The fourth-order valence-electron chi connectivity index (χ4n) is 2.95. The van der Waals surface area contributed by atoms with Gasteiger partial charge in [0.25, 0.3) is 0 Å². The molecule has 1 aliphatic rings. The minimum atomic E-state index is 0.131. The molecular weight excluding hydrogens is 270 g/mol. The largest absolute Gasteiger partial charge is 0.341 e. The lowest BCUT2D eigenvalue weighted by molar-refractivity contribution is -0.132. The summed E-state index contributed by atoms with van der Waals surface area (Å²) in [4.78, 5) is 14.1. The van der Waals surface area contributed by atoms with E-state index in [1.165, 1.54) is 18.4 Å². The highest BCUT2D eigenvalue weighted by Crippen LogP contribution is 2.27. The molecule has 110 valence electrons. The van der Waals surface area contributed by atoms with Gasteiger partial charge in [-0.1, -0.05) is 43.2 Å². The molecule has 0 radical (unpaired) electrons. The van der Waals surface area contributed by atoms with Crippen molar-refractivity contribution >= 4 is 17.5 Å². The number of rotatable bonds is 5. The average molecular weight is 294 g/mol. The summed E-state index contributed by atoms with van der Waals surface area (Å²) in [5, 5.41) is 0.131. The van der Waals surface area contributed by atoms with Gasteiger partial charge >= 0.3 is 0 Å². The Bertz CT molecular complexity index is 420. The normalized spacial score (nSPS) is 22.5. The first kappa shape index (κ1) is 15.4. The molecule has 0 bridgehead atoms.